The summed E-state index contributed by atoms with van der Waals surface area (Å²) in [6.07, 6.45) is 5.55. The molecule has 4 aliphatic rings. The number of aliphatic hydroxyl groups is 4. The number of phenols is 1. The van der Waals surface area contributed by atoms with Gasteiger partial charge >= 0.3 is 6.09 Å². The van der Waals surface area contributed by atoms with Crippen molar-refractivity contribution in [2.24, 2.45) is 23.5 Å². The van der Waals surface area contributed by atoms with Gasteiger partial charge in [0.1, 0.15) is 29.4 Å². The zero-order valence-electron chi connectivity index (χ0n) is 28.6. The maximum atomic E-state index is 14.4. The number of hydrogen-bond acceptors (Lipinski definition) is 13. The second kappa shape index (κ2) is 13.9. The quantitative estimate of drug-likeness (QED) is 0.146. The van der Waals surface area contributed by atoms with Gasteiger partial charge in [-0.15, -0.1) is 0 Å². The summed E-state index contributed by atoms with van der Waals surface area (Å²) in [4.78, 5) is 61.0. The minimum absolute atomic E-state index is 0.0520. The summed E-state index contributed by atoms with van der Waals surface area (Å²) >= 11 is 0. The predicted octanol–water partition coefficient (Wildman–Crippen LogP) is 2.36. The first kappa shape index (κ1) is 36.3. The van der Waals surface area contributed by atoms with Crippen LogP contribution in [0.4, 0.5) is 10.5 Å². The summed E-state index contributed by atoms with van der Waals surface area (Å²) in [5.41, 5.74) is 3.85. The number of Topliss-reactive ketones (excluding diaryl/α,β-unsaturated/α-hetero) is 2. The summed E-state index contributed by atoms with van der Waals surface area (Å²) in [7, 11) is 2.90. The molecule has 0 radical (unpaired) electrons. The number of aromatic hydroxyl groups is 1. The number of rotatable bonds is 9. The van der Waals surface area contributed by atoms with Crippen LogP contribution in [0.15, 0.2) is 89.4 Å². The molecule has 274 valence electrons. The number of nitrogens with two attached hydrogens (primary N) is 1. The maximum Gasteiger partial charge on any atom is 0.428 e. The second-order valence-electron chi connectivity index (χ2n) is 13.5. The van der Waals surface area contributed by atoms with Crippen molar-refractivity contribution in [2.75, 3.05) is 25.9 Å². The van der Waals surface area contributed by atoms with Crippen molar-refractivity contribution in [3.63, 3.8) is 0 Å². The topological polar surface area (TPSA) is 232 Å². The van der Waals surface area contributed by atoms with Crippen molar-refractivity contribution in [3.05, 3.63) is 106 Å². The third-order valence-corrected chi connectivity index (χ3v) is 10.2. The van der Waals surface area contributed by atoms with E-state index in [1.807, 2.05) is 30.4 Å². The van der Waals surface area contributed by atoms with Crippen molar-refractivity contribution in [1.29, 1.82) is 0 Å². The van der Waals surface area contributed by atoms with Crippen LogP contribution in [0.1, 0.15) is 40.7 Å². The molecule has 0 spiro atoms. The minimum atomic E-state index is -3.06. The summed E-state index contributed by atoms with van der Waals surface area (Å²) in [5, 5.41) is 59.0. The number of carbonyl (C=O) groups excluding carboxylic acids is 4. The highest BCUT2D eigenvalue weighted by atomic mass is 16.7. The number of allylic oxidation sites excluding steroid dienone is 3. The number of carbonyl (C=O) groups is 4. The van der Waals surface area contributed by atoms with E-state index in [4.69, 9.17) is 15.3 Å². The van der Waals surface area contributed by atoms with Crippen molar-refractivity contribution >= 4 is 29.3 Å². The maximum absolute atomic E-state index is 14.4. The first-order chi connectivity index (χ1) is 24.7. The number of ketones is 2. The lowest BCUT2D eigenvalue weighted by Crippen LogP contribution is -2.68. The Morgan fingerprint density at radius 1 is 1.06 bits per heavy atom. The number of nitrogens with one attached hydrogen (secondary N) is 1. The molecule has 4 aliphatic carbocycles. The molecule has 7 atom stereocenters. The molecule has 0 bridgehead atoms. The molecule has 0 saturated carbocycles. The molecule has 15 heteroatoms. The number of ether oxygens (including phenoxy) is 1. The van der Waals surface area contributed by atoms with Crippen LogP contribution in [0.5, 0.6) is 5.75 Å². The number of aliphatic hydroxyl groups excluding tert-OH is 3. The summed E-state index contributed by atoms with van der Waals surface area (Å²) in [6, 6.07) is 10.1. The normalized spacial score (nSPS) is 28.0. The number of amides is 2. The molecule has 2 aromatic rings. The Morgan fingerprint density at radius 3 is 2.40 bits per heavy atom. The van der Waals surface area contributed by atoms with E-state index in [0.29, 0.717) is 6.42 Å². The standard InChI is InChI=1S/C37H40N4O11/c1-18-23-21(41(52-17-20-12-8-5-9-13-20)39-36(49)51-16-19-10-6-4-7-11-19)14-15-22(42)25(23)30(43)26-24(18)31(44)28-29(40(2)3)32(45)27(35(38)48)34(47)37(28,50)33(26)46/h4-10,12-15,18-19,24,28-29,31,42,44-46,50H,11,16-17H2,1-3H3,(H2,38,48)(H,39,49)/t18-,19?,24+,28+,29-,31-,37-/m0/s1. The number of hydrazine groups is 1. The van der Waals surface area contributed by atoms with Crippen LogP contribution < -0.4 is 16.3 Å². The third-order valence-electron chi connectivity index (χ3n) is 10.2. The molecule has 6 rings (SSSR count). The van der Waals surface area contributed by atoms with Crippen LogP contribution >= 0.6 is 0 Å². The van der Waals surface area contributed by atoms with Crippen molar-refractivity contribution < 1.29 is 54.3 Å². The number of hydrogen-bond donors (Lipinski definition) is 7. The minimum Gasteiger partial charge on any atom is -0.510 e. The highest BCUT2D eigenvalue weighted by Gasteiger charge is 2.67. The van der Waals surface area contributed by atoms with E-state index in [9.17, 15) is 44.7 Å². The first-order valence-corrected chi connectivity index (χ1v) is 16.6. The molecule has 8 N–H and O–H groups in total. The zero-order chi connectivity index (χ0) is 37.6. The van der Waals surface area contributed by atoms with Gasteiger partial charge in [-0.2, -0.15) is 5.17 Å². The zero-order valence-corrected chi connectivity index (χ0v) is 28.6. The number of phenolic OH excluding ortho intramolecular Hbond substituents is 1. The van der Waals surface area contributed by atoms with Crippen LogP contribution in [0.2, 0.25) is 0 Å². The van der Waals surface area contributed by atoms with Gasteiger partial charge in [-0.3, -0.25) is 19.3 Å². The average Bonchev–Trinajstić information content (AvgIpc) is 3.11. The van der Waals surface area contributed by atoms with Crippen LogP contribution in [0, 0.1) is 17.8 Å². The molecule has 0 aliphatic heterocycles. The third kappa shape index (κ3) is 5.90. The highest BCUT2D eigenvalue weighted by molar-refractivity contribution is 6.25. The molecular formula is C37H40N4O11. The van der Waals surface area contributed by atoms with Crippen LogP contribution in [-0.4, -0.2) is 92.4 Å². The van der Waals surface area contributed by atoms with E-state index in [2.05, 4.69) is 5.43 Å². The Morgan fingerprint density at radius 2 is 1.77 bits per heavy atom. The summed E-state index contributed by atoms with van der Waals surface area (Å²) in [5.74, 6) is -10.5. The largest absolute Gasteiger partial charge is 0.510 e. The Labute approximate surface area is 298 Å². The van der Waals surface area contributed by atoms with Gasteiger partial charge in [-0.1, -0.05) is 61.6 Å². The number of fused-ring (bicyclic) bond motifs is 3. The summed E-state index contributed by atoms with van der Waals surface area (Å²) < 4.78 is 5.49. The van der Waals surface area contributed by atoms with Gasteiger partial charge in [0, 0.05) is 17.4 Å². The fraction of sp³-hybridized carbons (Fsp3) is 0.351. The van der Waals surface area contributed by atoms with E-state index in [1.54, 1.807) is 31.2 Å². The Hall–Kier alpha value is -5.48. The van der Waals surface area contributed by atoms with Gasteiger partial charge in [-0.25, -0.2) is 15.1 Å². The lowest BCUT2D eigenvalue weighted by molar-refractivity contribution is -0.162. The van der Waals surface area contributed by atoms with Gasteiger partial charge in [-0.05, 0) is 49.7 Å². The van der Waals surface area contributed by atoms with Gasteiger partial charge in [0.2, 0.25) is 5.78 Å². The van der Waals surface area contributed by atoms with Crippen molar-refractivity contribution in [1.82, 2.24) is 10.3 Å². The smallest absolute Gasteiger partial charge is 0.428 e. The molecule has 0 aromatic heterocycles. The average molecular weight is 717 g/mol. The van der Waals surface area contributed by atoms with E-state index in [-0.39, 0.29) is 35.9 Å². The Bertz CT molecular complexity index is 1940. The lowest BCUT2D eigenvalue weighted by atomic mass is 9.55. The predicted molar refractivity (Wildman–Crippen MR) is 184 cm³/mol. The van der Waals surface area contributed by atoms with Crippen LogP contribution in [0.3, 0.4) is 0 Å². The SMILES string of the molecule is C[C@H]1c2c(N(NC(=O)OCC3C=CC=CC3)OCc3ccccc3)ccc(O)c2C(=O)C2=C(O)[C@]3(O)C(=O)C(C(N)=O)=C(O)[C@@H](N(C)C)[C@@H]3[C@@H](O)[C@@H]21. The van der Waals surface area contributed by atoms with E-state index < -0.39 is 87.5 Å². The highest BCUT2D eigenvalue weighted by Crippen LogP contribution is 2.56. The molecular weight excluding hydrogens is 676 g/mol. The van der Waals surface area contributed by atoms with E-state index in [0.717, 1.165) is 10.7 Å². The number of likely N-dealkylation sites (N-methyl/N-ethyl adjacent to an activating group) is 1. The molecule has 2 amide bonds. The Balaban J connectivity index is 1.45. The van der Waals surface area contributed by atoms with E-state index >= 15 is 0 Å². The Kier molecular flexibility index (Phi) is 9.72. The molecule has 52 heavy (non-hydrogen) atoms. The van der Waals surface area contributed by atoms with Crippen LogP contribution in [0.25, 0.3) is 0 Å². The monoisotopic (exact) mass is 716 g/mol. The fourth-order valence-corrected chi connectivity index (χ4v) is 7.79. The molecule has 15 nitrogen and oxygen atoms in total. The molecule has 0 saturated heterocycles. The van der Waals surface area contributed by atoms with Gasteiger partial charge in [0.25, 0.3) is 5.91 Å². The lowest BCUT2D eigenvalue weighted by Gasteiger charge is -2.53. The number of nitrogens with zero attached hydrogens (tertiary/aromatic N) is 2. The molecule has 2 aromatic carbocycles. The number of benzene rings is 2. The van der Waals surface area contributed by atoms with Crippen molar-refractivity contribution in [2.45, 2.75) is 43.6 Å². The fourth-order valence-electron chi connectivity index (χ4n) is 7.79. The number of anilines is 1. The summed E-state index contributed by atoms with van der Waals surface area (Å²) in [6.45, 7) is 1.57. The van der Waals surface area contributed by atoms with Gasteiger partial charge in [0.15, 0.2) is 11.4 Å². The number of primary amides is 1. The van der Waals surface area contributed by atoms with Crippen molar-refractivity contribution in [3.8, 4) is 5.75 Å². The van der Waals surface area contributed by atoms with Gasteiger partial charge in [0.05, 0.1) is 35.9 Å². The van der Waals surface area contributed by atoms with Gasteiger partial charge < -0.3 is 36.0 Å². The van der Waals surface area contributed by atoms with Crippen LogP contribution in [-0.2, 0) is 25.8 Å². The second-order valence-corrected chi connectivity index (χ2v) is 13.5. The molecule has 1 unspecified atom stereocenters. The first-order valence-electron chi connectivity index (χ1n) is 16.6. The molecule has 0 heterocycles. The van der Waals surface area contributed by atoms with E-state index in [1.165, 1.54) is 31.1 Å². The molecule has 0 fully saturated rings.